The van der Waals surface area contributed by atoms with Gasteiger partial charge in [0.25, 0.3) is 5.91 Å². The van der Waals surface area contributed by atoms with Crippen LogP contribution in [0, 0.1) is 3.57 Å². The molecule has 3 N–H and O–H groups in total. The third-order valence-electron chi connectivity index (χ3n) is 7.74. The molecule has 8 heteroatoms. The summed E-state index contributed by atoms with van der Waals surface area (Å²) in [6.45, 7) is 6.31. The average Bonchev–Trinajstić information content (AvgIpc) is 3.21. The number of carbonyl (C=O) groups excluding carboxylic acids is 2. The van der Waals surface area contributed by atoms with Gasteiger partial charge in [-0.3, -0.25) is 9.59 Å². The molecular weight excluding hydrogens is 655 g/mol. The van der Waals surface area contributed by atoms with E-state index in [9.17, 15) is 19.8 Å². The van der Waals surface area contributed by atoms with Crippen LogP contribution in [0.5, 0.6) is 0 Å². The molecule has 2 heterocycles. The predicted octanol–water partition coefficient (Wildman–Crippen LogP) is 6.50. The number of allylic oxidation sites excluding steroid dienone is 3. The van der Waals surface area contributed by atoms with Gasteiger partial charge in [0.05, 0.1) is 29.4 Å². The van der Waals surface area contributed by atoms with E-state index in [1.165, 1.54) is 0 Å². The summed E-state index contributed by atoms with van der Waals surface area (Å²) in [5.41, 5.74) is 4.51. The van der Waals surface area contributed by atoms with Crippen molar-refractivity contribution >= 4 is 34.5 Å². The molecule has 1 aliphatic carbocycles. The van der Waals surface area contributed by atoms with E-state index in [1.54, 1.807) is 37.3 Å². The van der Waals surface area contributed by atoms with Crippen molar-refractivity contribution in [3.63, 3.8) is 0 Å². The highest BCUT2D eigenvalue weighted by Crippen LogP contribution is 2.42. The molecule has 43 heavy (non-hydrogen) atoms. The molecule has 0 saturated carbocycles. The first-order chi connectivity index (χ1) is 20.5. The molecule has 1 fully saturated rings. The zero-order valence-corrected chi connectivity index (χ0v) is 26.7. The zero-order chi connectivity index (χ0) is 30.7. The fourth-order valence-electron chi connectivity index (χ4n) is 5.80. The number of cyclic esters (lactones) is 1. The number of aromatic nitrogens is 1. The highest BCUT2D eigenvalue weighted by molar-refractivity contribution is 14.1. The number of esters is 1. The van der Waals surface area contributed by atoms with E-state index in [0.29, 0.717) is 30.6 Å². The minimum Gasteiger partial charge on any atom is -0.462 e. The highest BCUT2D eigenvalue weighted by atomic mass is 127. The van der Waals surface area contributed by atoms with Crippen molar-refractivity contribution in [3.8, 4) is 22.4 Å². The summed E-state index contributed by atoms with van der Waals surface area (Å²) in [7, 11) is 0. The van der Waals surface area contributed by atoms with Crippen LogP contribution in [0.4, 0.5) is 0 Å². The zero-order valence-electron chi connectivity index (χ0n) is 24.6. The van der Waals surface area contributed by atoms with Gasteiger partial charge in [0.2, 0.25) is 0 Å². The molecular formula is C35H37IN2O5. The first-order valence-electron chi connectivity index (χ1n) is 14.6. The SMILES string of the molecule is CC(C)c1c(C(=O)NC2=CC=CC(C)(O)C=C2)c(-c2ccccc2)c(-c2ccc(I)cc2)n1CCC1C[C@@H](O)CC(=O)O1. The second-order valence-corrected chi connectivity index (χ2v) is 12.9. The molecule has 5 rings (SSSR count). The highest BCUT2D eigenvalue weighted by Gasteiger charge is 2.32. The third-order valence-corrected chi connectivity index (χ3v) is 8.45. The molecule has 1 aliphatic heterocycles. The second kappa shape index (κ2) is 13.0. The van der Waals surface area contributed by atoms with Crippen LogP contribution in [0.3, 0.4) is 0 Å². The molecule has 3 atom stereocenters. The van der Waals surface area contributed by atoms with Crippen LogP contribution in [0.15, 0.2) is 90.7 Å². The van der Waals surface area contributed by atoms with Gasteiger partial charge in [-0.25, -0.2) is 0 Å². The van der Waals surface area contributed by atoms with Gasteiger partial charge < -0.3 is 24.8 Å². The number of amides is 1. The number of aliphatic hydroxyl groups excluding tert-OH is 1. The summed E-state index contributed by atoms with van der Waals surface area (Å²) >= 11 is 2.28. The van der Waals surface area contributed by atoms with Crippen LogP contribution >= 0.6 is 22.6 Å². The summed E-state index contributed by atoms with van der Waals surface area (Å²) in [6, 6.07) is 18.2. The third kappa shape index (κ3) is 7.20. The summed E-state index contributed by atoms with van der Waals surface area (Å²) in [6.07, 6.45) is 8.31. The number of hydrogen-bond donors (Lipinski definition) is 3. The Morgan fingerprint density at radius 2 is 1.84 bits per heavy atom. The lowest BCUT2D eigenvalue weighted by atomic mass is 9.94. The molecule has 7 nitrogen and oxygen atoms in total. The lowest BCUT2D eigenvalue weighted by Gasteiger charge is -2.27. The number of rotatable bonds is 8. The maximum Gasteiger partial charge on any atom is 0.308 e. The van der Waals surface area contributed by atoms with Gasteiger partial charge in [-0.05, 0) is 83.0 Å². The first-order valence-corrected chi connectivity index (χ1v) is 15.7. The van der Waals surface area contributed by atoms with Crippen molar-refractivity contribution in [2.24, 2.45) is 0 Å². The molecule has 1 amide bonds. The van der Waals surface area contributed by atoms with Crippen LogP contribution < -0.4 is 5.32 Å². The average molecular weight is 693 g/mol. The number of aliphatic hydroxyl groups is 2. The van der Waals surface area contributed by atoms with E-state index in [0.717, 1.165) is 31.6 Å². The van der Waals surface area contributed by atoms with Crippen LogP contribution in [-0.2, 0) is 16.1 Å². The van der Waals surface area contributed by atoms with Crippen LogP contribution in [-0.4, -0.2) is 44.5 Å². The van der Waals surface area contributed by atoms with Crippen molar-refractivity contribution in [1.29, 1.82) is 0 Å². The molecule has 224 valence electrons. The maximum absolute atomic E-state index is 14.4. The van der Waals surface area contributed by atoms with Crippen molar-refractivity contribution < 1.29 is 24.5 Å². The number of nitrogens with one attached hydrogen (secondary N) is 1. The molecule has 0 radical (unpaired) electrons. The minimum atomic E-state index is -1.11. The standard InChI is InChI=1S/C35H37IN2O5/c1-22(2)32-31(34(41)37-26-10-7-17-35(3,42)18-15-26)30(23-8-5-4-6-9-23)33(24-11-13-25(36)14-12-24)38(32)19-16-28-20-27(39)21-29(40)43-28/h4-15,17-18,22,27-28,39,42H,16,19-21H2,1-3H3,(H,37,41)/t27-,28?,35?/m1/s1. The van der Waals surface area contributed by atoms with Gasteiger partial charge >= 0.3 is 5.97 Å². The Morgan fingerprint density at radius 1 is 1.12 bits per heavy atom. The van der Waals surface area contributed by atoms with Gasteiger partial charge in [-0.1, -0.05) is 62.4 Å². The fourth-order valence-corrected chi connectivity index (χ4v) is 6.16. The van der Waals surface area contributed by atoms with Crippen molar-refractivity contribution in [2.75, 3.05) is 0 Å². The molecule has 1 aromatic heterocycles. The smallest absolute Gasteiger partial charge is 0.308 e. The largest absolute Gasteiger partial charge is 0.462 e. The molecule has 2 aliphatic rings. The van der Waals surface area contributed by atoms with Crippen LogP contribution in [0.25, 0.3) is 22.4 Å². The van der Waals surface area contributed by atoms with Crippen molar-refractivity contribution in [3.05, 3.63) is 106 Å². The number of benzene rings is 2. The van der Waals surface area contributed by atoms with E-state index >= 15 is 0 Å². The number of halogens is 1. The number of carbonyl (C=O) groups is 2. The lowest BCUT2D eigenvalue weighted by molar-refractivity contribution is -0.160. The Kier molecular flexibility index (Phi) is 9.39. The molecule has 2 unspecified atom stereocenters. The Bertz CT molecular complexity index is 1580. The van der Waals surface area contributed by atoms with E-state index in [2.05, 4.69) is 70.6 Å². The Labute approximate surface area is 266 Å². The van der Waals surface area contributed by atoms with Crippen LogP contribution in [0.2, 0.25) is 0 Å². The van der Waals surface area contributed by atoms with E-state index in [-0.39, 0.29) is 24.2 Å². The fraction of sp³-hybridized carbons (Fsp3) is 0.314. The van der Waals surface area contributed by atoms with Crippen molar-refractivity contribution in [1.82, 2.24) is 9.88 Å². The molecule has 0 bridgehead atoms. The minimum absolute atomic E-state index is 0.0164. The Morgan fingerprint density at radius 3 is 2.51 bits per heavy atom. The summed E-state index contributed by atoms with van der Waals surface area (Å²) in [4.78, 5) is 26.5. The Balaban J connectivity index is 1.69. The van der Waals surface area contributed by atoms with E-state index in [4.69, 9.17) is 4.74 Å². The second-order valence-electron chi connectivity index (χ2n) is 11.7. The van der Waals surface area contributed by atoms with Gasteiger partial charge in [0, 0.05) is 39.9 Å². The number of nitrogens with zero attached hydrogens (tertiary/aromatic N) is 1. The van der Waals surface area contributed by atoms with Crippen LogP contribution in [0.1, 0.15) is 62.0 Å². The predicted molar refractivity (Wildman–Crippen MR) is 176 cm³/mol. The van der Waals surface area contributed by atoms with Gasteiger partial charge in [-0.2, -0.15) is 0 Å². The number of hydrogen-bond acceptors (Lipinski definition) is 5. The quantitative estimate of drug-likeness (QED) is 0.185. The first kappa shape index (κ1) is 31.0. The monoisotopic (exact) mass is 692 g/mol. The maximum atomic E-state index is 14.4. The normalized spacial score (nSPS) is 21.8. The number of ether oxygens (including phenoxy) is 1. The topological polar surface area (TPSA) is 101 Å². The molecule has 3 aromatic rings. The van der Waals surface area contributed by atoms with Gasteiger partial charge in [0.1, 0.15) is 6.10 Å². The van der Waals surface area contributed by atoms with E-state index < -0.39 is 17.8 Å². The van der Waals surface area contributed by atoms with Crippen molar-refractivity contribution in [2.45, 2.75) is 70.3 Å². The van der Waals surface area contributed by atoms with Gasteiger partial charge in [0.15, 0.2) is 0 Å². The molecule has 2 aromatic carbocycles. The van der Waals surface area contributed by atoms with Gasteiger partial charge in [-0.15, -0.1) is 0 Å². The summed E-state index contributed by atoms with van der Waals surface area (Å²) < 4.78 is 8.90. The molecule has 0 spiro atoms. The molecule has 1 saturated heterocycles. The summed E-state index contributed by atoms with van der Waals surface area (Å²) in [5.74, 6) is -0.668. The summed E-state index contributed by atoms with van der Waals surface area (Å²) in [5, 5.41) is 23.8. The Hall–Kier alpha value is -3.47. The van der Waals surface area contributed by atoms with E-state index in [1.807, 2.05) is 30.3 Å². The lowest BCUT2D eigenvalue weighted by Crippen LogP contribution is -2.33.